The highest BCUT2D eigenvalue weighted by Crippen LogP contribution is 2.08. The summed E-state index contributed by atoms with van der Waals surface area (Å²) in [5.74, 6) is -15.3. The van der Waals surface area contributed by atoms with Crippen molar-refractivity contribution in [3.63, 3.8) is 0 Å². The zero-order valence-corrected chi connectivity index (χ0v) is 49.2. The predicted molar refractivity (Wildman–Crippen MR) is 317 cm³/mol. The van der Waals surface area contributed by atoms with Crippen molar-refractivity contribution in [1.29, 1.82) is 0 Å². The molecular weight excluding hydrogens is 1190 g/mol. The number of aliphatic hydroxyl groups is 2. The number of aliphatic hydroxyl groups excluding tert-OH is 2. The Kier molecular flexibility index (Phi) is 37.1. The van der Waals surface area contributed by atoms with Gasteiger partial charge in [-0.3, -0.25) is 67.5 Å². The number of guanidine groups is 2. The van der Waals surface area contributed by atoms with Crippen molar-refractivity contribution in [3.05, 3.63) is 35.9 Å². The van der Waals surface area contributed by atoms with E-state index in [-0.39, 0.29) is 82.3 Å². The van der Waals surface area contributed by atoms with E-state index in [9.17, 15) is 82.8 Å². The first-order valence-corrected chi connectivity index (χ1v) is 28.2. The van der Waals surface area contributed by atoms with Crippen LogP contribution in [0.15, 0.2) is 40.3 Å². The molecule has 0 aromatic heterocycles. The Morgan fingerprint density at radius 1 is 0.448 bits per heavy atom. The van der Waals surface area contributed by atoms with Gasteiger partial charge < -0.3 is 113 Å². The van der Waals surface area contributed by atoms with Crippen molar-refractivity contribution >= 4 is 114 Å². The molecule has 38 heteroatoms. The highest BCUT2D eigenvalue weighted by molar-refractivity contribution is 7.80. The number of unbranched alkanes of at least 4 members (excludes halogenated alkanes) is 1. The Labute approximate surface area is 510 Å². The van der Waals surface area contributed by atoms with Crippen LogP contribution in [0.25, 0.3) is 0 Å². The molecule has 0 fully saturated rings. The highest BCUT2D eigenvalue weighted by atomic mass is 32.1. The Bertz CT molecular complexity index is 2550. The van der Waals surface area contributed by atoms with Crippen LogP contribution in [0.3, 0.4) is 0 Å². The van der Waals surface area contributed by atoms with E-state index in [4.69, 9.17) is 34.4 Å². The van der Waals surface area contributed by atoms with Crippen LogP contribution in [-0.2, 0) is 68.7 Å². The second kappa shape index (κ2) is 42.3. The molecule has 0 aliphatic heterocycles. The number of aliphatic carboxylic acids is 2. The molecule has 0 saturated carbocycles. The van der Waals surface area contributed by atoms with Crippen LogP contribution in [0.2, 0.25) is 0 Å². The minimum Gasteiger partial charge on any atom is -0.481 e. The van der Waals surface area contributed by atoms with Gasteiger partial charge in [0.25, 0.3) is 0 Å². The van der Waals surface area contributed by atoms with Gasteiger partial charge in [-0.15, -0.1) is 0 Å². The van der Waals surface area contributed by atoms with Crippen molar-refractivity contribution in [1.82, 2.24) is 58.5 Å². The molecule has 0 aliphatic carbocycles. The lowest BCUT2D eigenvalue weighted by Gasteiger charge is -2.26. The highest BCUT2D eigenvalue weighted by Gasteiger charge is 2.34. The standard InChI is InChI=1S/C49H81N19O17S2/c50-13-5-4-10-26(39(76)58-19-36(72)60-27(11-6-14-56-48(52)53)41(78)64-28(47(84)85)12-7-15-57-49(54)55)63-46(83)34(24-87)68-44(81)32(22-70)67-43(80)31(21-69)66-42(79)29(16-25-8-2-1-3-9-25)61-37(73)20-59-40(77)30(17-38(74)75)65-45(82)33(23-86)62-35(71)18-51/h1-3,8-9,26-34,69-70,86-87H,4-7,10-24,50-51H2,(H,58,76)(H,59,77)(H,60,72)(H,61,73)(H,62,71)(H,63,83)(H,64,78)(H,65,82)(H,66,79)(H,67,80)(H,68,81)(H,74,75)(H,84,85)(H4,52,53,56)(H4,54,55,57)/t26-,27-,28-,29-,30-,31-,32-,33-,34-/m0/s1. The number of carboxylic acid groups (broad SMARTS) is 2. The molecule has 36 nitrogen and oxygen atoms in total. The number of thiol groups is 2. The normalized spacial score (nSPS) is 13.8. The van der Waals surface area contributed by atoms with Gasteiger partial charge in [-0.05, 0) is 57.1 Å². The molecule has 1 aromatic carbocycles. The van der Waals surface area contributed by atoms with Gasteiger partial charge >= 0.3 is 11.9 Å². The number of nitrogens with two attached hydrogens (primary N) is 6. The van der Waals surface area contributed by atoms with Gasteiger partial charge in [0.2, 0.25) is 65.0 Å². The summed E-state index contributed by atoms with van der Waals surface area (Å²) < 4.78 is 0. The van der Waals surface area contributed by atoms with Gasteiger partial charge in [0.1, 0.15) is 54.4 Å². The SMILES string of the molecule is NCCCC[C@H](NC(=O)[C@H](CS)NC(=O)[C@H](CO)NC(=O)[C@H](CO)NC(=O)[C@H](Cc1ccccc1)NC(=O)CNC(=O)[C@H](CC(=O)O)NC(=O)[C@H](CS)NC(=O)CN)C(=O)NCC(=O)N[C@@H](CCCN=C(N)N)C(=O)N[C@@H](CCCN=C(N)N)C(=O)O. The van der Waals surface area contributed by atoms with Crippen LogP contribution < -0.4 is 92.9 Å². The molecule has 0 saturated heterocycles. The number of hydrogen-bond donors (Lipinski definition) is 23. The van der Waals surface area contributed by atoms with Crippen LogP contribution >= 0.6 is 25.3 Å². The third-order valence-electron chi connectivity index (χ3n) is 12.0. The van der Waals surface area contributed by atoms with Crippen LogP contribution in [0, 0.1) is 0 Å². The molecule has 87 heavy (non-hydrogen) atoms. The fourth-order valence-corrected chi connectivity index (χ4v) is 7.99. The molecule has 0 heterocycles. The van der Waals surface area contributed by atoms with E-state index in [1.807, 2.05) is 0 Å². The number of carbonyl (C=O) groups is 13. The van der Waals surface area contributed by atoms with Crippen molar-refractivity contribution in [3.8, 4) is 0 Å². The Morgan fingerprint density at radius 3 is 1.29 bits per heavy atom. The lowest BCUT2D eigenvalue weighted by Crippen LogP contribution is -2.61. The van der Waals surface area contributed by atoms with E-state index in [2.05, 4.69) is 93.7 Å². The Hall–Kier alpha value is -8.59. The molecule has 1 rings (SSSR count). The largest absolute Gasteiger partial charge is 0.481 e. The van der Waals surface area contributed by atoms with Gasteiger partial charge in [-0.25, -0.2) is 4.79 Å². The molecule has 1 aromatic rings. The van der Waals surface area contributed by atoms with E-state index in [1.165, 1.54) is 0 Å². The number of amides is 11. The van der Waals surface area contributed by atoms with Crippen LogP contribution in [0.1, 0.15) is 56.9 Å². The van der Waals surface area contributed by atoms with Crippen molar-refractivity contribution in [2.45, 2.75) is 112 Å². The fraction of sp³-hybridized carbons (Fsp3) is 0.571. The topological polar surface area (TPSA) is 616 Å². The molecule has 11 amide bonds. The molecule has 9 atom stereocenters. The lowest BCUT2D eigenvalue weighted by atomic mass is 10.0. The van der Waals surface area contributed by atoms with Gasteiger partial charge in [-0.2, -0.15) is 25.3 Å². The van der Waals surface area contributed by atoms with Crippen molar-refractivity contribution < 1.29 is 82.8 Å². The predicted octanol–water partition coefficient (Wildman–Crippen LogP) is -10.6. The van der Waals surface area contributed by atoms with Gasteiger partial charge in [0.15, 0.2) is 11.9 Å². The molecule has 27 N–H and O–H groups in total. The average Bonchev–Trinajstić information content (AvgIpc) is 3.21. The maximum Gasteiger partial charge on any atom is 0.326 e. The number of carboxylic acids is 2. The Balaban J connectivity index is 3.18. The quantitative estimate of drug-likeness (QED) is 0.0125. The first kappa shape index (κ1) is 76.4. The summed E-state index contributed by atoms with van der Waals surface area (Å²) in [5, 5.41) is 64.7. The maximum atomic E-state index is 13.8. The Morgan fingerprint density at radius 2 is 0.828 bits per heavy atom. The van der Waals surface area contributed by atoms with E-state index in [0.717, 1.165) is 0 Å². The molecule has 0 aliphatic rings. The van der Waals surface area contributed by atoms with Crippen molar-refractivity contribution in [2.24, 2.45) is 44.4 Å². The second-order valence-corrected chi connectivity index (χ2v) is 19.6. The van der Waals surface area contributed by atoms with Crippen LogP contribution in [-0.4, -0.2) is 228 Å². The smallest absolute Gasteiger partial charge is 0.326 e. The van der Waals surface area contributed by atoms with Crippen molar-refractivity contribution in [2.75, 3.05) is 64.0 Å². The van der Waals surface area contributed by atoms with E-state index in [0.29, 0.717) is 12.0 Å². The third kappa shape index (κ3) is 31.4. The molecule has 0 unspecified atom stereocenters. The first-order valence-electron chi connectivity index (χ1n) is 26.9. The summed E-state index contributed by atoms with van der Waals surface area (Å²) in [6.07, 6.45) is -0.495. The number of nitrogens with one attached hydrogen (secondary N) is 11. The summed E-state index contributed by atoms with van der Waals surface area (Å²) in [7, 11) is 0. The molecule has 0 radical (unpaired) electrons. The zero-order chi connectivity index (χ0) is 65.6. The fourth-order valence-electron chi connectivity index (χ4n) is 7.47. The van der Waals surface area contributed by atoms with E-state index < -0.39 is 176 Å². The monoisotopic (exact) mass is 1270 g/mol. The number of rotatable bonds is 43. The van der Waals surface area contributed by atoms with E-state index >= 15 is 0 Å². The van der Waals surface area contributed by atoms with Gasteiger partial charge in [-0.1, -0.05) is 30.3 Å². The summed E-state index contributed by atoms with van der Waals surface area (Å²) in [6.45, 7) is -4.10. The minimum atomic E-state index is -1.87. The lowest BCUT2D eigenvalue weighted by molar-refractivity contribution is -0.142. The molecular formula is C49H81N19O17S2. The number of benzene rings is 1. The minimum absolute atomic E-state index is 0.0298. The summed E-state index contributed by atoms with van der Waals surface area (Å²) >= 11 is 8.11. The number of aliphatic imine (C=N–C) groups is 2. The molecule has 486 valence electrons. The van der Waals surface area contributed by atoms with E-state index in [1.54, 1.807) is 30.3 Å². The zero-order valence-electron chi connectivity index (χ0n) is 47.4. The summed E-state index contributed by atoms with van der Waals surface area (Å²) in [6, 6.07) is -6.07. The van der Waals surface area contributed by atoms with Crippen LogP contribution in [0.5, 0.6) is 0 Å². The summed E-state index contributed by atoms with van der Waals surface area (Å²) in [4.78, 5) is 176. The first-order chi connectivity index (χ1) is 41.2. The van der Waals surface area contributed by atoms with Gasteiger partial charge in [0.05, 0.1) is 39.3 Å². The third-order valence-corrected chi connectivity index (χ3v) is 12.7. The number of hydrogen-bond acceptors (Lipinski definition) is 21. The number of nitrogens with zero attached hydrogens (tertiary/aromatic N) is 2. The average molecular weight is 1270 g/mol. The number of carbonyl (C=O) groups excluding carboxylic acids is 11. The van der Waals surface area contributed by atoms with Gasteiger partial charge in [0, 0.05) is 31.0 Å². The molecule has 0 bridgehead atoms. The second-order valence-electron chi connectivity index (χ2n) is 18.9. The maximum absolute atomic E-state index is 13.8. The summed E-state index contributed by atoms with van der Waals surface area (Å²) in [5.41, 5.74) is 32.8. The molecule has 0 spiro atoms. The van der Waals surface area contributed by atoms with Crippen LogP contribution in [0.4, 0.5) is 0 Å².